The van der Waals surface area contributed by atoms with Crippen LogP contribution in [0.2, 0.25) is 0 Å². The number of benzene rings is 1. The molecule has 0 amide bonds. The SMILES string of the molecule is C#CCN(C)CCCNS(=O)(=O)c1cccc2cccnc12. The van der Waals surface area contributed by atoms with E-state index < -0.39 is 10.0 Å². The fraction of sp³-hybridized carbons (Fsp3) is 0.312. The molecule has 0 saturated heterocycles. The molecular weight excluding hydrogens is 298 g/mol. The molecule has 1 heterocycles. The van der Waals surface area contributed by atoms with Crippen molar-refractivity contribution in [3.63, 3.8) is 0 Å². The third-order valence-corrected chi connectivity index (χ3v) is 4.75. The molecule has 5 nitrogen and oxygen atoms in total. The Morgan fingerprint density at radius 1 is 1.32 bits per heavy atom. The highest BCUT2D eigenvalue weighted by atomic mass is 32.2. The third-order valence-electron chi connectivity index (χ3n) is 3.26. The molecule has 6 heteroatoms. The second kappa shape index (κ2) is 7.36. The summed E-state index contributed by atoms with van der Waals surface area (Å²) in [7, 11) is -1.66. The van der Waals surface area contributed by atoms with Gasteiger partial charge in [-0.1, -0.05) is 24.1 Å². The summed E-state index contributed by atoms with van der Waals surface area (Å²) in [6, 6.07) is 8.77. The fourth-order valence-electron chi connectivity index (χ4n) is 2.16. The Balaban J connectivity index is 2.05. The molecule has 0 fully saturated rings. The lowest BCUT2D eigenvalue weighted by molar-refractivity contribution is 0.369. The Morgan fingerprint density at radius 3 is 2.86 bits per heavy atom. The van der Waals surface area contributed by atoms with Crippen molar-refractivity contribution in [1.29, 1.82) is 0 Å². The van der Waals surface area contributed by atoms with E-state index in [1.54, 1.807) is 24.4 Å². The number of fused-ring (bicyclic) bond motifs is 1. The summed E-state index contributed by atoms with van der Waals surface area (Å²) in [4.78, 5) is 6.36. The summed E-state index contributed by atoms with van der Waals surface area (Å²) >= 11 is 0. The minimum Gasteiger partial charge on any atom is -0.295 e. The normalized spacial score (nSPS) is 11.7. The number of nitrogens with zero attached hydrogens (tertiary/aromatic N) is 2. The second-order valence-electron chi connectivity index (χ2n) is 5.02. The second-order valence-corrected chi connectivity index (χ2v) is 6.76. The van der Waals surface area contributed by atoms with Gasteiger partial charge in [-0.3, -0.25) is 9.88 Å². The van der Waals surface area contributed by atoms with Gasteiger partial charge in [-0.2, -0.15) is 0 Å². The molecule has 1 N–H and O–H groups in total. The first-order chi connectivity index (χ1) is 10.5. The van der Waals surface area contributed by atoms with E-state index in [1.807, 2.05) is 24.1 Å². The molecule has 0 saturated carbocycles. The van der Waals surface area contributed by atoms with E-state index in [0.29, 0.717) is 25.0 Å². The van der Waals surface area contributed by atoms with Crippen LogP contribution in [-0.4, -0.2) is 45.0 Å². The van der Waals surface area contributed by atoms with E-state index in [-0.39, 0.29) is 4.90 Å². The summed E-state index contributed by atoms with van der Waals surface area (Å²) in [5.74, 6) is 2.55. The molecule has 1 aromatic heterocycles. The topological polar surface area (TPSA) is 62.3 Å². The first-order valence-corrected chi connectivity index (χ1v) is 8.48. The molecule has 0 radical (unpaired) electrons. The number of hydrogen-bond acceptors (Lipinski definition) is 4. The molecule has 0 aliphatic heterocycles. The van der Waals surface area contributed by atoms with Gasteiger partial charge in [0.2, 0.25) is 10.0 Å². The van der Waals surface area contributed by atoms with Crippen molar-refractivity contribution < 1.29 is 8.42 Å². The van der Waals surface area contributed by atoms with E-state index >= 15 is 0 Å². The van der Waals surface area contributed by atoms with Crippen molar-refractivity contribution in [2.24, 2.45) is 0 Å². The number of hydrogen-bond donors (Lipinski definition) is 1. The van der Waals surface area contributed by atoms with Crippen LogP contribution in [0, 0.1) is 12.3 Å². The predicted octanol–water partition coefficient (Wildman–Crippen LogP) is 1.47. The molecule has 116 valence electrons. The van der Waals surface area contributed by atoms with Crippen LogP contribution < -0.4 is 4.72 Å². The van der Waals surface area contributed by atoms with Crippen molar-refractivity contribution in [3.8, 4) is 12.3 Å². The molecule has 0 unspecified atom stereocenters. The molecule has 2 aromatic rings. The maximum absolute atomic E-state index is 12.4. The van der Waals surface area contributed by atoms with Gasteiger partial charge in [0.05, 0.1) is 12.1 Å². The lowest BCUT2D eigenvalue weighted by Crippen LogP contribution is -2.28. The Morgan fingerprint density at radius 2 is 2.09 bits per heavy atom. The minimum atomic E-state index is -3.57. The van der Waals surface area contributed by atoms with Gasteiger partial charge in [0.25, 0.3) is 0 Å². The summed E-state index contributed by atoms with van der Waals surface area (Å²) in [5, 5.41) is 0.805. The van der Waals surface area contributed by atoms with Gasteiger partial charge in [0.1, 0.15) is 4.90 Å². The standard InChI is InChI=1S/C16H19N3O2S/c1-3-12-19(2)13-6-11-18-22(20,21)15-9-4-7-14-8-5-10-17-16(14)15/h1,4-5,7-10,18H,6,11-13H2,2H3. The van der Waals surface area contributed by atoms with Crippen LogP contribution in [0.15, 0.2) is 41.4 Å². The Kier molecular flexibility index (Phi) is 5.50. The quantitative estimate of drug-likeness (QED) is 0.620. The van der Waals surface area contributed by atoms with Crippen LogP contribution in [0.4, 0.5) is 0 Å². The zero-order chi connectivity index (χ0) is 16.0. The molecular formula is C16H19N3O2S. The van der Waals surface area contributed by atoms with Gasteiger partial charge < -0.3 is 0 Å². The van der Waals surface area contributed by atoms with E-state index in [1.165, 1.54) is 0 Å². The van der Waals surface area contributed by atoms with Crippen LogP contribution in [0.1, 0.15) is 6.42 Å². The summed E-state index contributed by atoms with van der Waals surface area (Å²) in [6.07, 6.45) is 7.51. The van der Waals surface area contributed by atoms with E-state index in [9.17, 15) is 8.42 Å². The maximum atomic E-state index is 12.4. The summed E-state index contributed by atoms with van der Waals surface area (Å²) < 4.78 is 27.5. The molecule has 0 spiro atoms. The van der Waals surface area contributed by atoms with Crippen molar-refractivity contribution in [1.82, 2.24) is 14.6 Å². The van der Waals surface area contributed by atoms with Crippen LogP contribution in [0.3, 0.4) is 0 Å². The molecule has 0 aliphatic rings. The molecule has 22 heavy (non-hydrogen) atoms. The molecule has 1 aromatic carbocycles. The van der Waals surface area contributed by atoms with Crippen LogP contribution >= 0.6 is 0 Å². The average Bonchev–Trinajstić information content (AvgIpc) is 2.51. The Bertz CT molecular complexity index is 776. The number of rotatable bonds is 7. The smallest absolute Gasteiger partial charge is 0.242 e. The fourth-order valence-corrected chi connectivity index (χ4v) is 3.41. The Labute approximate surface area is 131 Å². The van der Waals surface area contributed by atoms with Gasteiger partial charge in [-0.05, 0) is 25.6 Å². The average molecular weight is 317 g/mol. The van der Waals surface area contributed by atoms with Crippen LogP contribution in [0.5, 0.6) is 0 Å². The Hall–Kier alpha value is -1.94. The maximum Gasteiger partial charge on any atom is 0.242 e. The molecule has 2 rings (SSSR count). The van der Waals surface area contributed by atoms with Crippen LogP contribution in [-0.2, 0) is 10.0 Å². The van der Waals surface area contributed by atoms with Gasteiger partial charge in [-0.25, -0.2) is 13.1 Å². The number of para-hydroxylation sites is 1. The van der Waals surface area contributed by atoms with Gasteiger partial charge in [-0.15, -0.1) is 6.42 Å². The molecule has 0 atom stereocenters. The number of pyridine rings is 1. The van der Waals surface area contributed by atoms with Gasteiger partial charge in [0, 0.05) is 24.7 Å². The van der Waals surface area contributed by atoms with Gasteiger partial charge >= 0.3 is 0 Å². The molecule has 0 bridgehead atoms. The first-order valence-electron chi connectivity index (χ1n) is 7.00. The van der Waals surface area contributed by atoms with Crippen molar-refractivity contribution in [3.05, 3.63) is 36.5 Å². The number of sulfonamides is 1. The van der Waals surface area contributed by atoms with E-state index in [2.05, 4.69) is 15.6 Å². The zero-order valence-corrected chi connectivity index (χ0v) is 13.3. The molecule has 0 aliphatic carbocycles. The number of aromatic nitrogens is 1. The number of terminal acetylenes is 1. The van der Waals surface area contributed by atoms with Crippen LogP contribution in [0.25, 0.3) is 10.9 Å². The van der Waals surface area contributed by atoms with E-state index in [0.717, 1.165) is 11.9 Å². The van der Waals surface area contributed by atoms with Crippen molar-refractivity contribution in [2.45, 2.75) is 11.3 Å². The predicted molar refractivity (Wildman–Crippen MR) is 87.9 cm³/mol. The lowest BCUT2D eigenvalue weighted by Gasteiger charge is -2.13. The zero-order valence-electron chi connectivity index (χ0n) is 12.5. The minimum absolute atomic E-state index is 0.211. The highest BCUT2D eigenvalue weighted by Crippen LogP contribution is 2.20. The number of nitrogens with one attached hydrogen (secondary N) is 1. The largest absolute Gasteiger partial charge is 0.295 e. The van der Waals surface area contributed by atoms with E-state index in [4.69, 9.17) is 6.42 Å². The summed E-state index contributed by atoms with van der Waals surface area (Å²) in [6.45, 7) is 1.65. The highest BCUT2D eigenvalue weighted by Gasteiger charge is 2.17. The third kappa shape index (κ3) is 4.04. The van der Waals surface area contributed by atoms with Crippen molar-refractivity contribution >= 4 is 20.9 Å². The highest BCUT2D eigenvalue weighted by molar-refractivity contribution is 7.89. The lowest BCUT2D eigenvalue weighted by atomic mass is 10.2. The van der Waals surface area contributed by atoms with Crippen molar-refractivity contribution in [2.75, 3.05) is 26.7 Å². The summed E-state index contributed by atoms with van der Waals surface area (Å²) in [5.41, 5.74) is 0.488. The van der Waals surface area contributed by atoms with Gasteiger partial charge in [0.15, 0.2) is 0 Å². The monoisotopic (exact) mass is 317 g/mol. The first kappa shape index (κ1) is 16.4.